The molecular weight excluding hydrogens is 386 g/mol. The summed E-state index contributed by atoms with van der Waals surface area (Å²) >= 11 is 0. The number of aryl methyl sites for hydroxylation is 1. The number of hydrogen-bond donors (Lipinski definition) is 1. The van der Waals surface area contributed by atoms with Gasteiger partial charge in [-0.1, -0.05) is 19.0 Å². The molecule has 164 valence electrons. The summed E-state index contributed by atoms with van der Waals surface area (Å²) in [6.07, 6.45) is 0. The van der Waals surface area contributed by atoms with E-state index in [1.165, 1.54) is 0 Å². The maximum Gasteiger partial charge on any atom is 0.261 e. The fourth-order valence-electron chi connectivity index (χ4n) is 3.49. The molecule has 8 nitrogen and oxygen atoms in total. The van der Waals surface area contributed by atoms with E-state index in [1.54, 1.807) is 6.92 Å². The zero-order valence-electron chi connectivity index (χ0n) is 18.4. The van der Waals surface area contributed by atoms with E-state index in [-0.39, 0.29) is 11.8 Å². The summed E-state index contributed by atoms with van der Waals surface area (Å²) in [5.74, 6) is 1.62. The third kappa shape index (κ3) is 4.70. The number of carbonyl (C=O) groups excluding carboxylic acids is 1. The number of aromatic nitrogens is 1. The Morgan fingerprint density at radius 1 is 1.17 bits per heavy atom. The molecule has 30 heavy (non-hydrogen) atoms. The van der Waals surface area contributed by atoms with Gasteiger partial charge in [0.2, 0.25) is 0 Å². The quantitative estimate of drug-likeness (QED) is 0.695. The van der Waals surface area contributed by atoms with E-state index in [9.17, 15) is 4.79 Å². The number of hydrogen-bond acceptors (Lipinski definition) is 7. The normalized spacial score (nSPS) is 14.1. The molecule has 8 heteroatoms. The first-order valence-corrected chi connectivity index (χ1v) is 10.5. The number of nitrogens with zero attached hydrogens (tertiary/aromatic N) is 2. The molecule has 0 bridgehead atoms. The van der Waals surface area contributed by atoms with Gasteiger partial charge in [-0.2, -0.15) is 0 Å². The molecule has 1 amide bonds. The molecule has 0 spiro atoms. The Morgan fingerprint density at radius 3 is 2.47 bits per heavy atom. The van der Waals surface area contributed by atoms with Crippen molar-refractivity contribution < 1.29 is 23.5 Å². The first-order valence-electron chi connectivity index (χ1n) is 10.5. The molecule has 1 aliphatic rings. The van der Waals surface area contributed by atoms with Crippen molar-refractivity contribution in [1.82, 2.24) is 5.16 Å². The summed E-state index contributed by atoms with van der Waals surface area (Å²) in [7, 11) is 0. The number of benzene rings is 1. The topological polar surface area (TPSA) is 86.1 Å². The second kappa shape index (κ2) is 9.84. The average molecular weight is 418 g/mol. The highest BCUT2D eigenvalue weighted by molar-refractivity contribution is 6.06. The number of nitrogens with one attached hydrogen (secondary N) is 1. The van der Waals surface area contributed by atoms with Gasteiger partial charge in [0.25, 0.3) is 5.91 Å². The fraction of sp³-hybridized carbons (Fsp3) is 0.545. The fourth-order valence-corrected chi connectivity index (χ4v) is 3.49. The van der Waals surface area contributed by atoms with Crippen LogP contribution in [0.15, 0.2) is 16.7 Å². The lowest BCUT2D eigenvalue weighted by atomic mass is 10.0. The smallest absolute Gasteiger partial charge is 0.261 e. The van der Waals surface area contributed by atoms with Crippen molar-refractivity contribution in [1.29, 1.82) is 0 Å². The summed E-state index contributed by atoms with van der Waals surface area (Å²) < 4.78 is 22.6. The average Bonchev–Trinajstić information content (AvgIpc) is 3.12. The van der Waals surface area contributed by atoms with E-state index in [0.717, 1.165) is 18.8 Å². The van der Waals surface area contributed by atoms with Crippen molar-refractivity contribution in [3.63, 3.8) is 0 Å². The molecule has 0 unspecified atom stereocenters. The lowest BCUT2D eigenvalue weighted by Gasteiger charge is -2.31. The standard InChI is InChI=1S/C22H31N3O5/c1-6-28-18-13-17(25-8-10-27-11-9-25)19(29-7-2)12-16(18)23-22(26)20-15(5)24-30-21(20)14(3)4/h12-14H,6-11H2,1-5H3,(H,23,26). The minimum atomic E-state index is -0.278. The molecule has 0 radical (unpaired) electrons. The predicted octanol–water partition coefficient (Wildman–Crippen LogP) is 3.99. The van der Waals surface area contributed by atoms with Crippen molar-refractivity contribution in [2.24, 2.45) is 0 Å². The first kappa shape index (κ1) is 22.0. The molecule has 2 heterocycles. The Bertz CT molecular complexity index is 872. The van der Waals surface area contributed by atoms with Gasteiger partial charge in [0, 0.05) is 31.1 Å². The SMILES string of the molecule is CCOc1cc(N2CCOCC2)c(OCC)cc1NC(=O)c1c(C)noc1C(C)C. The molecule has 1 fully saturated rings. The highest BCUT2D eigenvalue weighted by Gasteiger charge is 2.25. The van der Waals surface area contributed by atoms with Gasteiger partial charge in [-0.15, -0.1) is 0 Å². The highest BCUT2D eigenvalue weighted by atomic mass is 16.5. The van der Waals surface area contributed by atoms with Crippen molar-refractivity contribution >= 4 is 17.3 Å². The number of rotatable bonds is 8. The lowest BCUT2D eigenvalue weighted by Crippen LogP contribution is -2.36. The van der Waals surface area contributed by atoms with Crippen LogP contribution in [0.1, 0.15) is 55.4 Å². The molecule has 1 aromatic carbocycles. The van der Waals surface area contributed by atoms with Gasteiger partial charge in [-0.25, -0.2) is 0 Å². The van der Waals surface area contributed by atoms with Crippen LogP contribution in [0.5, 0.6) is 11.5 Å². The van der Waals surface area contributed by atoms with Crippen molar-refractivity contribution in [2.45, 2.75) is 40.5 Å². The minimum absolute atomic E-state index is 0.0426. The van der Waals surface area contributed by atoms with Gasteiger partial charge >= 0.3 is 0 Å². The van der Waals surface area contributed by atoms with Crippen molar-refractivity contribution in [2.75, 3.05) is 49.7 Å². The minimum Gasteiger partial charge on any atom is -0.492 e. The third-order valence-electron chi connectivity index (χ3n) is 4.90. The van der Waals surface area contributed by atoms with Crippen LogP contribution in [0.2, 0.25) is 0 Å². The summed E-state index contributed by atoms with van der Waals surface area (Å²) in [5, 5.41) is 6.95. The van der Waals surface area contributed by atoms with Crippen LogP contribution < -0.4 is 19.7 Å². The maximum absolute atomic E-state index is 13.1. The second-order valence-corrected chi connectivity index (χ2v) is 7.40. The molecular formula is C22H31N3O5. The zero-order valence-corrected chi connectivity index (χ0v) is 18.4. The van der Waals surface area contributed by atoms with Crippen LogP contribution in [-0.4, -0.2) is 50.6 Å². The number of amides is 1. The summed E-state index contributed by atoms with van der Waals surface area (Å²) in [5.41, 5.74) is 2.51. The Kier molecular flexibility index (Phi) is 7.20. The van der Waals surface area contributed by atoms with Crippen LogP contribution in [0.25, 0.3) is 0 Å². The Labute approximate surface area is 177 Å². The van der Waals surface area contributed by atoms with E-state index in [1.807, 2.05) is 39.8 Å². The second-order valence-electron chi connectivity index (χ2n) is 7.40. The van der Waals surface area contributed by atoms with E-state index in [4.69, 9.17) is 18.7 Å². The van der Waals surface area contributed by atoms with E-state index >= 15 is 0 Å². The monoisotopic (exact) mass is 417 g/mol. The van der Waals surface area contributed by atoms with Gasteiger partial charge in [0.1, 0.15) is 17.1 Å². The van der Waals surface area contributed by atoms with Gasteiger partial charge in [-0.3, -0.25) is 4.79 Å². The van der Waals surface area contributed by atoms with Gasteiger partial charge < -0.3 is 29.0 Å². The Morgan fingerprint density at radius 2 is 1.83 bits per heavy atom. The lowest BCUT2D eigenvalue weighted by molar-refractivity contribution is 0.102. The predicted molar refractivity (Wildman–Crippen MR) is 115 cm³/mol. The van der Waals surface area contributed by atoms with Crippen LogP contribution in [0.4, 0.5) is 11.4 Å². The van der Waals surface area contributed by atoms with Crippen LogP contribution in [-0.2, 0) is 4.74 Å². The summed E-state index contributed by atoms with van der Waals surface area (Å²) in [6, 6.07) is 3.76. The van der Waals surface area contributed by atoms with Crippen LogP contribution in [0.3, 0.4) is 0 Å². The molecule has 1 saturated heterocycles. The number of ether oxygens (including phenoxy) is 3. The molecule has 1 aromatic heterocycles. The molecule has 0 saturated carbocycles. The molecule has 0 atom stereocenters. The number of anilines is 2. The first-order chi connectivity index (χ1) is 14.5. The van der Waals surface area contributed by atoms with Gasteiger partial charge in [-0.05, 0) is 20.8 Å². The number of carbonyl (C=O) groups is 1. The molecule has 2 aromatic rings. The Balaban J connectivity index is 1.98. The highest BCUT2D eigenvalue weighted by Crippen LogP contribution is 2.39. The van der Waals surface area contributed by atoms with Gasteiger partial charge in [0.15, 0.2) is 5.76 Å². The van der Waals surface area contributed by atoms with Crippen LogP contribution >= 0.6 is 0 Å². The largest absolute Gasteiger partial charge is 0.492 e. The van der Waals surface area contributed by atoms with Crippen LogP contribution in [0, 0.1) is 6.92 Å². The zero-order chi connectivity index (χ0) is 21.7. The van der Waals surface area contributed by atoms with E-state index < -0.39 is 0 Å². The van der Waals surface area contributed by atoms with E-state index in [0.29, 0.717) is 60.6 Å². The third-order valence-corrected chi connectivity index (χ3v) is 4.90. The van der Waals surface area contributed by atoms with Crippen molar-refractivity contribution in [3.8, 4) is 11.5 Å². The molecule has 0 aliphatic carbocycles. The molecule has 3 rings (SSSR count). The summed E-state index contributed by atoms with van der Waals surface area (Å²) in [4.78, 5) is 15.3. The van der Waals surface area contributed by atoms with Crippen molar-refractivity contribution in [3.05, 3.63) is 29.2 Å². The molecule has 1 aliphatic heterocycles. The molecule has 1 N–H and O–H groups in total. The maximum atomic E-state index is 13.1. The Hall–Kier alpha value is -2.74. The van der Waals surface area contributed by atoms with Gasteiger partial charge in [0.05, 0.1) is 43.5 Å². The number of morpholine rings is 1. The van der Waals surface area contributed by atoms with E-state index in [2.05, 4.69) is 15.4 Å². The summed E-state index contributed by atoms with van der Waals surface area (Å²) in [6.45, 7) is 13.4.